The lowest BCUT2D eigenvalue weighted by Gasteiger charge is -2.44. The van der Waals surface area contributed by atoms with Gasteiger partial charge in [0.05, 0.1) is 0 Å². The summed E-state index contributed by atoms with van der Waals surface area (Å²) in [6.45, 7) is 7.96. The predicted molar refractivity (Wildman–Crippen MR) is 69.5 cm³/mol. The van der Waals surface area contributed by atoms with Crippen LogP contribution in [0.2, 0.25) is 0 Å². The molecule has 2 bridgehead atoms. The van der Waals surface area contributed by atoms with Crippen molar-refractivity contribution in [1.29, 1.82) is 0 Å². The number of rotatable bonds is 2. The third-order valence-corrected chi connectivity index (χ3v) is 4.27. The largest absolute Gasteiger partial charge is 0.488 e. The predicted octanol–water partition coefficient (Wildman–Crippen LogP) is 2.78. The van der Waals surface area contributed by atoms with E-state index in [1.54, 1.807) is 0 Å². The van der Waals surface area contributed by atoms with E-state index in [4.69, 9.17) is 4.74 Å². The standard InChI is InChI=1S/C15H21NO/c1-11-4-3-5-12(2)15(11)17-14-10-16-8-6-13(14)7-9-16/h3-5,13-14H,6-10H2,1-2H3/t14-/m0/s1. The molecule has 17 heavy (non-hydrogen) atoms. The summed E-state index contributed by atoms with van der Waals surface area (Å²) >= 11 is 0. The molecule has 0 radical (unpaired) electrons. The van der Waals surface area contributed by atoms with E-state index in [1.807, 2.05) is 0 Å². The van der Waals surface area contributed by atoms with Gasteiger partial charge >= 0.3 is 0 Å². The van der Waals surface area contributed by atoms with E-state index < -0.39 is 0 Å². The quantitative estimate of drug-likeness (QED) is 0.776. The normalized spacial score (nSPS) is 31.5. The van der Waals surface area contributed by atoms with E-state index in [0.29, 0.717) is 6.10 Å². The Hall–Kier alpha value is -1.02. The lowest BCUT2D eigenvalue weighted by molar-refractivity contribution is -0.00838. The van der Waals surface area contributed by atoms with Crippen molar-refractivity contribution in [3.63, 3.8) is 0 Å². The summed E-state index contributed by atoms with van der Waals surface area (Å²) in [7, 11) is 0. The Bertz CT molecular complexity index is 387. The Morgan fingerprint density at radius 1 is 1.12 bits per heavy atom. The molecule has 3 saturated heterocycles. The lowest BCUT2D eigenvalue weighted by Crippen LogP contribution is -2.52. The Morgan fingerprint density at radius 2 is 1.76 bits per heavy atom. The molecule has 1 aromatic carbocycles. The molecule has 3 aliphatic heterocycles. The molecule has 2 heteroatoms. The number of hydrogen-bond acceptors (Lipinski definition) is 2. The van der Waals surface area contributed by atoms with E-state index in [2.05, 4.69) is 36.9 Å². The van der Waals surface area contributed by atoms with Crippen molar-refractivity contribution in [3.05, 3.63) is 29.3 Å². The van der Waals surface area contributed by atoms with Gasteiger partial charge in [-0.2, -0.15) is 0 Å². The fraction of sp³-hybridized carbons (Fsp3) is 0.600. The highest BCUT2D eigenvalue weighted by atomic mass is 16.5. The number of fused-ring (bicyclic) bond motifs is 3. The van der Waals surface area contributed by atoms with E-state index in [0.717, 1.165) is 18.2 Å². The van der Waals surface area contributed by atoms with Crippen molar-refractivity contribution in [2.24, 2.45) is 5.92 Å². The van der Waals surface area contributed by atoms with Gasteiger partial charge in [-0.3, -0.25) is 4.90 Å². The van der Waals surface area contributed by atoms with Crippen LogP contribution in [0.1, 0.15) is 24.0 Å². The van der Waals surface area contributed by atoms with E-state index in [-0.39, 0.29) is 0 Å². The molecule has 0 amide bonds. The maximum atomic E-state index is 6.31. The van der Waals surface area contributed by atoms with Gasteiger partial charge in [0.25, 0.3) is 0 Å². The lowest BCUT2D eigenvalue weighted by atomic mass is 9.86. The summed E-state index contributed by atoms with van der Waals surface area (Å²) in [5, 5.41) is 0. The molecule has 3 fully saturated rings. The Labute approximate surface area is 104 Å². The molecule has 0 unspecified atom stereocenters. The minimum absolute atomic E-state index is 0.414. The van der Waals surface area contributed by atoms with Crippen LogP contribution in [0.5, 0.6) is 5.75 Å². The average molecular weight is 231 g/mol. The zero-order valence-corrected chi connectivity index (χ0v) is 10.8. The Kier molecular flexibility index (Phi) is 2.83. The highest BCUT2D eigenvalue weighted by Crippen LogP contribution is 2.32. The van der Waals surface area contributed by atoms with Crippen LogP contribution in [-0.4, -0.2) is 30.6 Å². The first-order chi connectivity index (χ1) is 8.24. The maximum Gasteiger partial charge on any atom is 0.125 e. The van der Waals surface area contributed by atoms with Crippen molar-refractivity contribution in [2.45, 2.75) is 32.8 Å². The van der Waals surface area contributed by atoms with Crippen molar-refractivity contribution < 1.29 is 4.74 Å². The fourth-order valence-electron chi connectivity index (χ4n) is 3.18. The molecule has 0 aliphatic carbocycles. The second-order valence-electron chi connectivity index (χ2n) is 5.52. The Balaban J connectivity index is 1.79. The van der Waals surface area contributed by atoms with E-state index in [1.165, 1.54) is 37.1 Å². The summed E-state index contributed by atoms with van der Waals surface area (Å²) in [4.78, 5) is 2.54. The first-order valence-electron chi connectivity index (χ1n) is 6.69. The van der Waals surface area contributed by atoms with Crippen molar-refractivity contribution in [1.82, 2.24) is 4.90 Å². The molecule has 3 aliphatic rings. The van der Waals surface area contributed by atoms with Gasteiger partial charge in [-0.05, 0) is 56.8 Å². The molecule has 1 aromatic rings. The van der Waals surface area contributed by atoms with E-state index in [9.17, 15) is 0 Å². The third kappa shape index (κ3) is 2.06. The van der Waals surface area contributed by atoms with Gasteiger partial charge in [-0.15, -0.1) is 0 Å². The molecule has 0 spiro atoms. The minimum Gasteiger partial charge on any atom is -0.488 e. The topological polar surface area (TPSA) is 12.5 Å². The van der Waals surface area contributed by atoms with Crippen LogP contribution in [0.4, 0.5) is 0 Å². The first-order valence-corrected chi connectivity index (χ1v) is 6.69. The molecule has 2 nitrogen and oxygen atoms in total. The highest BCUT2D eigenvalue weighted by molar-refractivity contribution is 5.40. The first kappa shape index (κ1) is 11.1. The van der Waals surface area contributed by atoms with Gasteiger partial charge in [0, 0.05) is 6.54 Å². The maximum absolute atomic E-state index is 6.31. The van der Waals surface area contributed by atoms with Crippen LogP contribution in [0.15, 0.2) is 18.2 Å². The van der Waals surface area contributed by atoms with Crippen molar-refractivity contribution >= 4 is 0 Å². The van der Waals surface area contributed by atoms with Gasteiger partial charge < -0.3 is 4.74 Å². The van der Waals surface area contributed by atoms with Crippen molar-refractivity contribution in [3.8, 4) is 5.75 Å². The summed E-state index contributed by atoms with van der Waals surface area (Å²) in [6.07, 6.45) is 3.04. The molecule has 0 saturated carbocycles. The number of para-hydroxylation sites is 1. The average Bonchev–Trinajstić information content (AvgIpc) is 2.36. The zero-order valence-electron chi connectivity index (χ0n) is 10.8. The monoisotopic (exact) mass is 231 g/mol. The molecule has 4 rings (SSSR count). The second kappa shape index (κ2) is 4.34. The van der Waals surface area contributed by atoms with Crippen molar-refractivity contribution in [2.75, 3.05) is 19.6 Å². The molecular weight excluding hydrogens is 210 g/mol. The van der Waals surface area contributed by atoms with E-state index >= 15 is 0 Å². The minimum atomic E-state index is 0.414. The smallest absolute Gasteiger partial charge is 0.125 e. The molecular formula is C15H21NO. The van der Waals surface area contributed by atoms with Crippen LogP contribution in [0.25, 0.3) is 0 Å². The second-order valence-corrected chi connectivity index (χ2v) is 5.52. The van der Waals surface area contributed by atoms with Crippen LogP contribution < -0.4 is 4.74 Å². The Morgan fingerprint density at radius 3 is 2.29 bits per heavy atom. The number of benzene rings is 1. The summed E-state index contributed by atoms with van der Waals surface area (Å²) < 4.78 is 6.31. The number of ether oxygens (including phenoxy) is 1. The van der Waals surface area contributed by atoms with Crippen LogP contribution in [0, 0.1) is 19.8 Å². The molecule has 1 atom stereocenters. The van der Waals surface area contributed by atoms with Crippen LogP contribution in [0.3, 0.4) is 0 Å². The van der Waals surface area contributed by atoms with Gasteiger partial charge in [0.2, 0.25) is 0 Å². The van der Waals surface area contributed by atoms with Crippen LogP contribution in [-0.2, 0) is 0 Å². The molecule has 0 N–H and O–H groups in total. The zero-order chi connectivity index (χ0) is 11.8. The number of aryl methyl sites for hydroxylation is 2. The molecule has 3 heterocycles. The number of nitrogens with zero attached hydrogens (tertiary/aromatic N) is 1. The molecule has 0 aromatic heterocycles. The highest BCUT2D eigenvalue weighted by Gasteiger charge is 2.35. The fourth-order valence-corrected chi connectivity index (χ4v) is 3.18. The van der Waals surface area contributed by atoms with Gasteiger partial charge in [0.1, 0.15) is 11.9 Å². The van der Waals surface area contributed by atoms with Gasteiger partial charge in [0.15, 0.2) is 0 Å². The number of piperidine rings is 3. The number of hydrogen-bond donors (Lipinski definition) is 0. The molecule has 92 valence electrons. The SMILES string of the molecule is Cc1cccc(C)c1O[C@H]1CN2CCC1CC2. The summed E-state index contributed by atoms with van der Waals surface area (Å²) in [5.74, 6) is 1.89. The summed E-state index contributed by atoms with van der Waals surface area (Å²) in [6, 6.07) is 6.39. The summed E-state index contributed by atoms with van der Waals surface area (Å²) in [5.41, 5.74) is 2.53. The van der Waals surface area contributed by atoms with Crippen LogP contribution >= 0.6 is 0 Å². The van der Waals surface area contributed by atoms with Gasteiger partial charge in [-0.25, -0.2) is 0 Å². The van der Waals surface area contributed by atoms with Gasteiger partial charge in [-0.1, -0.05) is 18.2 Å². The third-order valence-electron chi connectivity index (χ3n) is 4.27.